The number of nitrogens with one attached hydrogen (secondary N) is 2. The number of carboxylic acid groups (broad SMARTS) is 1. The van der Waals surface area contributed by atoms with Gasteiger partial charge in [-0.25, -0.2) is 4.79 Å². The van der Waals surface area contributed by atoms with E-state index in [2.05, 4.69) is 48.3 Å². The highest BCUT2D eigenvalue weighted by atomic mass is 127. The third kappa shape index (κ3) is 19.6. The van der Waals surface area contributed by atoms with E-state index in [1.54, 1.807) is 45.8 Å². The number of aliphatic carboxylic acids is 1. The van der Waals surface area contributed by atoms with Crippen LogP contribution in [0.1, 0.15) is 116 Å². The first-order chi connectivity index (χ1) is 47.0. The number of amides is 2. The molecule has 0 spiro atoms. The van der Waals surface area contributed by atoms with Crippen molar-refractivity contribution in [2.45, 2.75) is 221 Å². The van der Waals surface area contributed by atoms with Crippen molar-refractivity contribution in [3.8, 4) is 40.9 Å². The highest BCUT2D eigenvalue weighted by Crippen LogP contribution is 2.50. The number of fused-ring (bicyclic) bond motifs is 2. The lowest BCUT2D eigenvalue weighted by atomic mass is 9.75. The SMILES string of the molecule is COC(=O)NC1=C2/C(=C\CSSC(C)(C)CCC(=O)N3CCC(C(=O)O)CC3)[C@](O)(C#C/C=C\C#C[C@@H]2OC2OC(C)C(NOC3CC(O)C(SC(=O)c4c(C)c(I)c(OC5OC(C)C(O)C(OC)C5O)c(OC)c4OC)C(C)O3)C(O)C2OC2CC(OC)C(CC(C)C)CO2)CC1=O. The minimum atomic E-state index is -2.16. The molecule has 5 heterocycles. The molecule has 550 valence electrons. The van der Waals surface area contributed by atoms with Crippen molar-refractivity contribution in [1.29, 1.82) is 0 Å². The maximum atomic E-state index is 14.5. The Hall–Kier alpha value is -4.31. The predicted octanol–water partition coefficient (Wildman–Crippen LogP) is 5.49. The summed E-state index contributed by atoms with van der Waals surface area (Å²) in [5, 5.41) is 69.5. The van der Waals surface area contributed by atoms with Gasteiger partial charge >= 0.3 is 12.1 Å². The van der Waals surface area contributed by atoms with Crippen LogP contribution in [0.15, 0.2) is 35.1 Å². The van der Waals surface area contributed by atoms with Crippen LogP contribution in [0.25, 0.3) is 0 Å². The van der Waals surface area contributed by atoms with Crippen molar-refractivity contribution in [2.75, 3.05) is 61.0 Å². The second-order valence-electron chi connectivity index (χ2n) is 26.4. The molecule has 1 aromatic carbocycles. The minimum absolute atomic E-state index is 0.0141. The van der Waals surface area contributed by atoms with Gasteiger partial charge in [0.05, 0.1) is 96.9 Å². The number of ether oxygens (including phenoxy) is 12. The molecule has 2 bridgehead atoms. The smallest absolute Gasteiger partial charge is 0.411 e. The highest BCUT2D eigenvalue weighted by Gasteiger charge is 2.52. The summed E-state index contributed by atoms with van der Waals surface area (Å²) in [6.45, 7) is 15.8. The number of carboxylic acids is 1. The summed E-state index contributed by atoms with van der Waals surface area (Å²) < 4.78 is 72.9. The number of carbonyl (C=O) groups is 5. The van der Waals surface area contributed by atoms with Crippen molar-refractivity contribution >= 4 is 84.8 Å². The monoisotopic (exact) mass is 1560 g/mol. The van der Waals surface area contributed by atoms with E-state index in [4.69, 9.17) is 61.7 Å². The summed E-state index contributed by atoms with van der Waals surface area (Å²) >= 11 is 2.81. The number of likely N-dealkylation sites (tertiary alicyclic amines) is 1. The number of nitrogens with zero attached hydrogens (tertiary/aromatic N) is 1. The number of benzene rings is 1. The number of carbonyl (C=O) groups excluding carboxylic acids is 4. The van der Waals surface area contributed by atoms with Gasteiger partial charge in [-0.3, -0.25) is 29.3 Å². The molecular formula is C68H94IN3O24S3. The van der Waals surface area contributed by atoms with E-state index in [-0.39, 0.29) is 89.2 Å². The van der Waals surface area contributed by atoms with Crippen LogP contribution in [0.3, 0.4) is 0 Å². The van der Waals surface area contributed by atoms with Gasteiger partial charge in [-0.05, 0) is 113 Å². The lowest BCUT2D eigenvalue weighted by Crippen LogP contribution is -2.65. The van der Waals surface area contributed by atoms with E-state index in [0.29, 0.717) is 47.4 Å². The molecule has 27 nitrogen and oxygen atoms in total. The molecule has 0 aromatic heterocycles. The van der Waals surface area contributed by atoms with E-state index in [0.717, 1.165) is 25.3 Å². The first-order valence-corrected chi connectivity index (χ1v) is 37.2. The Bertz CT molecular complexity index is 3260. The maximum absolute atomic E-state index is 14.5. The molecule has 2 aliphatic carbocycles. The molecule has 5 fully saturated rings. The van der Waals surface area contributed by atoms with Gasteiger partial charge in [-0.2, -0.15) is 5.48 Å². The van der Waals surface area contributed by atoms with Crippen LogP contribution < -0.4 is 25.0 Å². The highest BCUT2D eigenvalue weighted by molar-refractivity contribution is 14.1. The Balaban J connectivity index is 1.02. The largest absolute Gasteiger partial charge is 0.492 e. The minimum Gasteiger partial charge on any atom is -0.492 e. The van der Waals surface area contributed by atoms with Crippen molar-refractivity contribution in [3.63, 3.8) is 0 Å². The summed E-state index contributed by atoms with van der Waals surface area (Å²) in [7, 11) is 9.69. The first kappa shape index (κ1) is 80.4. The lowest BCUT2D eigenvalue weighted by Gasteiger charge is -2.47. The van der Waals surface area contributed by atoms with Crippen molar-refractivity contribution in [3.05, 3.63) is 49.8 Å². The van der Waals surface area contributed by atoms with E-state index >= 15 is 0 Å². The third-order valence-electron chi connectivity index (χ3n) is 18.5. The fourth-order valence-corrected chi connectivity index (χ4v) is 17.2. The Kier molecular flexibility index (Phi) is 29.2. The Morgan fingerprint density at radius 2 is 1.57 bits per heavy atom. The van der Waals surface area contributed by atoms with Crippen LogP contribution in [0.2, 0.25) is 0 Å². The fraction of sp³-hybridized carbons (Fsp3) is 0.691. The number of ketones is 1. The zero-order valence-electron chi connectivity index (χ0n) is 57.8. The average Bonchev–Trinajstić information content (AvgIpc) is 0.745. The lowest BCUT2D eigenvalue weighted by molar-refractivity contribution is -0.337. The number of piperidine rings is 1. The maximum Gasteiger partial charge on any atom is 0.411 e. The number of aliphatic hydroxyl groups excluding tert-OH is 4. The van der Waals surface area contributed by atoms with E-state index in [1.807, 2.05) is 36.4 Å². The van der Waals surface area contributed by atoms with Gasteiger partial charge in [-0.15, -0.1) is 0 Å². The molecule has 19 atom stereocenters. The number of hydrogen-bond donors (Lipinski definition) is 8. The zero-order chi connectivity index (χ0) is 72.4. The molecule has 5 aliphatic heterocycles. The molecule has 2 amide bonds. The molecule has 99 heavy (non-hydrogen) atoms. The van der Waals surface area contributed by atoms with E-state index < -0.39 is 143 Å². The molecule has 5 saturated heterocycles. The Morgan fingerprint density at radius 1 is 0.869 bits per heavy atom. The van der Waals surface area contributed by atoms with Crippen LogP contribution in [-0.2, 0) is 61.9 Å². The number of allylic oxidation sites excluding steroid dienone is 3. The topological polar surface area (TPSA) is 354 Å². The van der Waals surface area contributed by atoms with Crippen LogP contribution in [0.5, 0.6) is 17.2 Å². The number of rotatable bonds is 26. The van der Waals surface area contributed by atoms with Gasteiger partial charge in [0, 0.05) is 74.1 Å². The second-order valence-corrected chi connectivity index (χ2v) is 31.7. The van der Waals surface area contributed by atoms with Crippen molar-refractivity contribution in [2.24, 2.45) is 17.8 Å². The molecule has 8 rings (SSSR count). The molecule has 0 saturated carbocycles. The van der Waals surface area contributed by atoms with Gasteiger partial charge in [0.15, 0.2) is 41.8 Å². The van der Waals surface area contributed by atoms with Crippen molar-refractivity contribution < 1.29 is 116 Å². The molecule has 17 unspecified atom stereocenters. The Morgan fingerprint density at radius 3 is 2.21 bits per heavy atom. The summed E-state index contributed by atoms with van der Waals surface area (Å²) in [6, 6.07) is -1.13. The summed E-state index contributed by atoms with van der Waals surface area (Å²) in [5.74, 6) is 10.1. The molecule has 8 N–H and O–H groups in total. The number of halogens is 1. The van der Waals surface area contributed by atoms with Crippen LogP contribution in [-0.4, -0.2) is 239 Å². The number of thioether (sulfide) groups is 1. The standard InChI is InChI=1S/C68H94IN3O24S3/c1-33(2)28-39-32-89-46(30-44(39)84-9)94-59-54(77)51(71-96-47-29-41(73)61(37(6)90-47)98-63(81)48-34(3)50(69)57(60(87-12)56(48)85-10)95-64-55(78)58(86-11)53(76)36(5)92-64)35(4)91-65(59)93-43-18-16-14-15-17-23-68(83)31-42(74)52(70-66(82)88-13)49(43)40(68)22-27-97-99-67(7,8)24-19-45(75)72-25-20-38(21-26-72)62(79)80/h14-15,22,33,35-39,41,43-44,46-47,51,53-55,58-59,61,64-65,71,73,76-78,83H,19-21,24-32H2,1-13H3,(H,70,82)(H,79,80)/b15-14-,40-22+/t35?,36?,37?,39?,41?,43-,44?,46?,47?,51?,53?,54?,55?,58?,59?,61?,64?,65?,68-/m0/s1. The van der Waals surface area contributed by atoms with Gasteiger partial charge < -0.3 is 92.4 Å². The third-order valence-corrected chi connectivity index (χ3v) is 24.4. The summed E-state index contributed by atoms with van der Waals surface area (Å²) in [6.07, 6.45) is -12.0. The van der Waals surface area contributed by atoms with Crippen LogP contribution in [0, 0.1) is 51.9 Å². The number of methoxy groups -OCH3 is 5. The number of hydroxylamine groups is 1. The first-order valence-electron chi connectivity index (χ1n) is 32.9. The second kappa shape index (κ2) is 35.9. The van der Waals surface area contributed by atoms with E-state index in [9.17, 15) is 54.6 Å². The summed E-state index contributed by atoms with van der Waals surface area (Å²) in [4.78, 5) is 74.9. The predicted molar refractivity (Wildman–Crippen MR) is 372 cm³/mol. The van der Waals surface area contributed by atoms with Gasteiger partial charge in [0.1, 0.15) is 36.6 Å². The quantitative estimate of drug-likeness (QED) is 0.0187. The van der Waals surface area contributed by atoms with Crippen LogP contribution in [0.4, 0.5) is 4.79 Å². The molecule has 31 heteroatoms. The molecule has 0 radical (unpaired) electrons. The average molecular weight is 1560 g/mol. The Labute approximate surface area is 603 Å². The number of aliphatic hydroxyl groups is 5. The molecular weight excluding hydrogens is 1470 g/mol. The van der Waals surface area contributed by atoms with Gasteiger partial charge in [-0.1, -0.05) is 77.0 Å². The number of hydrogen-bond acceptors (Lipinski definition) is 27. The number of alkyl carbamates (subject to hydrolysis) is 1. The normalized spacial score (nSPS) is 33.6. The fourth-order valence-electron chi connectivity index (χ4n) is 13.0. The van der Waals surface area contributed by atoms with Gasteiger partial charge in [0.2, 0.25) is 23.1 Å². The molecule has 1 aromatic rings. The molecule has 7 aliphatic rings. The van der Waals surface area contributed by atoms with Crippen molar-refractivity contribution in [1.82, 2.24) is 15.7 Å². The summed E-state index contributed by atoms with van der Waals surface area (Å²) in [5.41, 5.74) is 0.995. The van der Waals surface area contributed by atoms with Gasteiger partial charge in [0.25, 0.3) is 0 Å². The zero-order valence-corrected chi connectivity index (χ0v) is 62.5. The van der Waals surface area contributed by atoms with E-state index in [1.165, 1.54) is 55.1 Å². The number of Topliss-reactive ketones (excluding diaryl/α,β-unsaturated/α-hetero) is 1. The van der Waals surface area contributed by atoms with Crippen LogP contribution >= 0.6 is 55.9 Å².